The molecule has 17 heavy (non-hydrogen) atoms. The first kappa shape index (κ1) is 13.1. The third kappa shape index (κ3) is 2.59. The second-order valence-corrected chi connectivity index (χ2v) is 3.34. The zero-order chi connectivity index (χ0) is 13.0. The van der Waals surface area contributed by atoms with E-state index in [-0.39, 0.29) is 17.7 Å². The lowest BCUT2D eigenvalue weighted by molar-refractivity contribution is -0.384. The maximum atomic E-state index is 11.5. The number of nitrogens with zero attached hydrogens (tertiary/aromatic N) is 1. The Morgan fingerprint density at radius 2 is 2.24 bits per heavy atom. The van der Waals surface area contributed by atoms with Crippen molar-refractivity contribution >= 4 is 29.5 Å². The molecular formula is C10H8ClNO5. The van der Waals surface area contributed by atoms with Crippen LogP contribution in [0.4, 0.5) is 5.69 Å². The van der Waals surface area contributed by atoms with E-state index in [0.717, 1.165) is 12.1 Å². The van der Waals surface area contributed by atoms with Crippen LogP contribution in [0.2, 0.25) is 5.02 Å². The fourth-order valence-corrected chi connectivity index (χ4v) is 1.55. The molecule has 0 aliphatic rings. The van der Waals surface area contributed by atoms with Gasteiger partial charge < -0.3 is 4.74 Å². The Morgan fingerprint density at radius 3 is 2.71 bits per heavy atom. The van der Waals surface area contributed by atoms with E-state index in [9.17, 15) is 19.7 Å². The van der Waals surface area contributed by atoms with Crippen molar-refractivity contribution in [2.75, 3.05) is 6.61 Å². The standard InChI is InChI=1S/C10H8ClNO5/c1-2-17-10(14)8-6(5-13)3-4-7(9(8)11)12(15)16/h3-5H,2H2,1H3. The van der Waals surface area contributed by atoms with Crippen LogP contribution in [0.5, 0.6) is 0 Å². The molecule has 6 nitrogen and oxygen atoms in total. The topological polar surface area (TPSA) is 86.5 Å². The van der Waals surface area contributed by atoms with E-state index in [0.29, 0.717) is 6.29 Å². The van der Waals surface area contributed by atoms with Crippen LogP contribution in [0.1, 0.15) is 27.6 Å². The fourth-order valence-electron chi connectivity index (χ4n) is 1.23. The van der Waals surface area contributed by atoms with Crippen LogP contribution >= 0.6 is 11.6 Å². The number of aldehydes is 1. The summed E-state index contributed by atoms with van der Waals surface area (Å²) in [6.45, 7) is 1.65. The molecule has 0 N–H and O–H groups in total. The van der Waals surface area contributed by atoms with Crippen LogP contribution in [0.25, 0.3) is 0 Å². The van der Waals surface area contributed by atoms with Crippen molar-refractivity contribution in [3.8, 4) is 0 Å². The lowest BCUT2D eigenvalue weighted by Crippen LogP contribution is -2.10. The normalized spacial score (nSPS) is 9.76. The number of benzene rings is 1. The lowest BCUT2D eigenvalue weighted by atomic mass is 10.1. The first-order valence-electron chi connectivity index (χ1n) is 4.62. The summed E-state index contributed by atoms with van der Waals surface area (Å²) in [6.07, 6.45) is 0.391. The molecular weight excluding hydrogens is 250 g/mol. The van der Waals surface area contributed by atoms with Gasteiger partial charge in [-0.15, -0.1) is 0 Å². The Morgan fingerprint density at radius 1 is 1.59 bits per heavy atom. The minimum absolute atomic E-state index is 0.0425. The zero-order valence-electron chi connectivity index (χ0n) is 8.81. The number of esters is 1. The highest BCUT2D eigenvalue weighted by Crippen LogP contribution is 2.30. The molecule has 0 saturated heterocycles. The van der Waals surface area contributed by atoms with Crippen molar-refractivity contribution in [2.45, 2.75) is 6.92 Å². The number of nitro benzene ring substituents is 1. The van der Waals surface area contributed by atoms with E-state index in [1.54, 1.807) is 6.92 Å². The lowest BCUT2D eigenvalue weighted by Gasteiger charge is -2.06. The number of ether oxygens (including phenoxy) is 1. The van der Waals surface area contributed by atoms with Gasteiger partial charge in [0.15, 0.2) is 6.29 Å². The molecule has 0 spiro atoms. The van der Waals surface area contributed by atoms with E-state index in [1.807, 2.05) is 0 Å². The molecule has 0 aliphatic carbocycles. The number of rotatable bonds is 4. The van der Waals surface area contributed by atoms with Gasteiger partial charge in [-0.1, -0.05) is 11.6 Å². The van der Waals surface area contributed by atoms with Gasteiger partial charge in [-0.3, -0.25) is 14.9 Å². The fraction of sp³-hybridized carbons (Fsp3) is 0.200. The van der Waals surface area contributed by atoms with Gasteiger partial charge in [0.2, 0.25) is 0 Å². The third-order valence-corrected chi connectivity index (χ3v) is 2.34. The van der Waals surface area contributed by atoms with Crippen molar-refractivity contribution in [1.29, 1.82) is 0 Å². The van der Waals surface area contributed by atoms with E-state index < -0.39 is 21.6 Å². The zero-order valence-corrected chi connectivity index (χ0v) is 9.56. The average Bonchev–Trinajstić information content (AvgIpc) is 2.27. The van der Waals surface area contributed by atoms with Gasteiger partial charge in [-0.05, 0) is 13.0 Å². The number of carbonyl (C=O) groups excluding carboxylic acids is 2. The van der Waals surface area contributed by atoms with Gasteiger partial charge in [-0.25, -0.2) is 4.79 Å². The number of nitro groups is 1. The van der Waals surface area contributed by atoms with Crippen molar-refractivity contribution in [3.63, 3.8) is 0 Å². The van der Waals surface area contributed by atoms with E-state index in [2.05, 4.69) is 4.74 Å². The molecule has 1 aromatic rings. The molecule has 0 fully saturated rings. The van der Waals surface area contributed by atoms with Crippen molar-refractivity contribution < 1.29 is 19.2 Å². The summed E-state index contributed by atoms with van der Waals surface area (Å²) in [5, 5.41) is 10.2. The largest absolute Gasteiger partial charge is 0.462 e. The Bertz CT molecular complexity index is 486. The Balaban J connectivity index is 3.42. The number of hydrogen-bond acceptors (Lipinski definition) is 5. The van der Waals surface area contributed by atoms with E-state index in [1.165, 1.54) is 0 Å². The van der Waals surface area contributed by atoms with Crippen molar-refractivity contribution in [1.82, 2.24) is 0 Å². The molecule has 0 unspecified atom stereocenters. The second kappa shape index (κ2) is 5.40. The van der Waals surface area contributed by atoms with Crippen LogP contribution in [-0.2, 0) is 4.74 Å². The van der Waals surface area contributed by atoms with Gasteiger partial charge in [0, 0.05) is 11.6 Å². The predicted octanol–water partition coefficient (Wildman–Crippen LogP) is 2.24. The predicted molar refractivity (Wildman–Crippen MR) is 59.5 cm³/mol. The number of hydrogen-bond donors (Lipinski definition) is 0. The highest BCUT2D eigenvalue weighted by Gasteiger charge is 2.24. The molecule has 0 saturated carbocycles. The molecule has 0 aliphatic heterocycles. The molecule has 7 heteroatoms. The number of halogens is 1. The van der Waals surface area contributed by atoms with E-state index in [4.69, 9.17) is 11.6 Å². The Labute approximate surface area is 101 Å². The highest BCUT2D eigenvalue weighted by molar-refractivity contribution is 6.36. The summed E-state index contributed by atoms with van der Waals surface area (Å²) in [5.74, 6) is -0.858. The molecule has 0 radical (unpaired) electrons. The summed E-state index contributed by atoms with van der Waals surface area (Å²) in [4.78, 5) is 32.2. The van der Waals surface area contributed by atoms with Gasteiger partial charge in [0.25, 0.3) is 5.69 Å². The third-order valence-electron chi connectivity index (χ3n) is 1.96. The monoisotopic (exact) mass is 257 g/mol. The molecule has 0 aromatic heterocycles. The number of carbonyl (C=O) groups is 2. The van der Waals surface area contributed by atoms with Gasteiger partial charge >= 0.3 is 5.97 Å². The summed E-state index contributed by atoms with van der Waals surface area (Å²) in [5.41, 5.74) is -0.767. The molecule has 1 aromatic carbocycles. The first-order valence-corrected chi connectivity index (χ1v) is 4.99. The summed E-state index contributed by atoms with van der Waals surface area (Å²) < 4.78 is 4.68. The Hall–Kier alpha value is -1.95. The maximum Gasteiger partial charge on any atom is 0.340 e. The minimum Gasteiger partial charge on any atom is -0.462 e. The van der Waals surface area contributed by atoms with Gasteiger partial charge in [0.1, 0.15) is 5.02 Å². The first-order chi connectivity index (χ1) is 8.02. The molecule has 0 heterocycles. The maximum absolute atomic E-state index is 11.5. The van der Waals surface area contributed by atoms with Crippen LogP contribution in [0.15, 0.2) is 12.1 Å². The molecule has 90 valence electrons. The summed E-state index contributed by atoms with van der Waals surface area (Å²) in [6, 6.07) is 2.22. The SMILES string of the molecule is CCOC(=O)c1c(C=O)ccc([N+](=O)[O-])c1Cl. The van der Waals surface area contributed by atoms with E-state index >= 15 is 0 Å². The molecule has 0 atom stereocenters. The second-order valence-electron chi connectivity index (χ2n) is 2.96. The summed E-state index contributed by atoms with van der Waals surface area (Å²) in [7, 11) is 0. The highest BCUT2D eigenvalue weighted by atomic mass is 35.5. The van der Waals surface area contributed by atoms with Crippen molar-refractivity contribution in [3.05, 3.63) is 38.4 Å². The molecule has 1 rings (SSSR count). The van der Waals surface area contributed by atoms with Gasteiger partial charge in [-0.2, -0.15) is 0 Å². The summed E-state index contributed by atoms with van der Waals surface area (Å²) >= 11 is 5.72. The minimum atomic E-state index is -0.858. The van der Waals surface area contributed by atoms with Crippen LogP contribution < -0.4 is 0 Å². The quantitative estimate of drug-likeness (QED) is 0.357. The average molecular weight is 258 g/mol. The van der Waals surface area contributed by atoms with Crippen LogP contribution in [0, 0.1) is 10.1 Å². The van der Waals surface area contributed by atoms with Crippen molar-refractivity contribution in [2.24, 2.45) is 0 Å². The smallest absolute Gasteiger partial charge is 0.340 e. The molecule has 0 amide bonds. The van der Waals surface area contributed by atoms with Gasteiger partial charge in [0.05, 0.1) is 17.1 Å². The van der Waals surface area contributed by atoms with Crippen LogP contribution in [0.3, 0.4) is 0 Å². The van der Waals surface area contributed by atoms with Crippen LogP contribution in [-0.4, -0.2) is 23.8 Å². The Kier molecular flexibility index (Phi) is 4.17. The molecule has 0 bridgehead atoms.